The molecule has 1 heterocycles. The van der Waals surface area contributed by atoms with Gasteiger partial charge in [0.25, 0.3) is 0 Å². The van der Waals surface area contributed by atoms with Crippen LogP contribution in [0.1, 0.15) is 5.69 Å². The Morgan fingerprint density at radius 3 is 2.85 bits per heavy atom. The van der Waals surface area contributed by atoms with Gasteiger partial charge >= 0.3 is 0 Å². The Bertz CT molecular complexity index is 258. The van der Waals surface area contributed by atoms with Gasteiger partial charge in [-0.1, -0.05) is 11.6 Å². The summed E-state index contributed by atoms with van der Waals surface area (Å²) < 4.78 is 0. The van der Waals surface area contributed by atoms with Crippen LogP contribution in [0.4, 0.5) is 0 Å². The van der Waals surface area contributed by atoms with Crippen LogP contribution in [0.15, 0.2) is 18.3 Å². The molecule has 5 heteroatoms. The predicted molar refractivity (Wildman–Crippen MR) is 55.3 cm³/mol. The molecule has 1 rings (SSSR count). The quantitative estimate of drug-likeness (QED) is 0.804. The van der Waals surface area contributed by atoms with E-state index in [4.69, 9.17) is 22.4 Å². The van der Waals surface area contributed by atoms with Crippen molar-refractivity contribution in [3.8, 4) is 0 Å². The molecular formula is C8H12Cl2N2O. The number of aliphatic hydroxyl groups excluding tert-OH is 1. The van der Waals surface area contributed by atoms with E-state index in [0.717, 1.165) is 5.69 Å². The largest absolute Gasteiger partial charge is 0.395 e. The van der Waals surface area contributed by atoms with E-state index in [1.807, 2.05) is 0 Å². The van der Waals surface area contributed by atoms with Crippen molar-refractivity contribution in [2.45, 2.75) is 12.5 Å². The zero-order valence-corrected chi connectivity index (χ0v) is 8.55. The minimum atomic E-state index is -0.280. The van der Waals surface area contributed by atoms with Crippen molar-refractivity contribution >= 4 is 24.0 Å². The standard InChI is InChI=1S/C8H11ClN2O.ClH/c9-7-2-1-3-11-8(7)4-6(10)5-12;/h1-3,6,12H,4-5,10H2;1H/t6-;/m1./s1. The van der Waals surface area contributed by atoms with Gasteiger partial charge in [-0.05, 0) is 12.1 Å². The highest BCUT2D eigenvalue weighted by molar-refractivity contribution is 6.31. The minimum Gasteiger partial charge on any atom is -0.395 e. The van der Waals surface area contributed by atoms with Crippen molar-refractivity contribution in [3.63, 3.8) is 0 Å². The Hall–Kier alpha value is -0.350. The number of nitrogens with two attached hydrogens (primary N) is 1. The molecule has 0 bridgehead atoms. The number of hydrogen-bond donors (Lipinski definition) is 2. The van der Waals surface area contributed by atoms with Crippen molar-refractivity contribution in [2.75, 3.05) is 6.61 Å². The second kappa shape index (κ2) is 6.16. The van der Waals surface area contributed by atoms with Crippen LogP contribution in [0.3, 0.4) is 0 Å². The van der Waals surface area contributed by atoms with E-state index in [1.54, 1.807) is 18.3 Å². The molecule has 1 atom stereocenters. The monoisotopic (exact) mass is 222 g/mol. The number of nitrogens with zero attached hydrogens (tertiary/aromatic N) is 1. The molecule has 0 unspecified atom stereocenters. The molecule has 1 aromatic rings. The van der Waals surface area contributed by atoms with Crippen LogP contribution in [0, 0.1) is 0 Å². The van der Waals surface area contributed by atoms with E-state index < -0.39 is 0 Å². The summed E-state index contributed by atoms with van der Waals surface area (Å²) in [5, 5.41) is 9.29. The second-order valence-corrected chi connectivity index (χ2v) is 2.99. The third-order valence-corrected chi connectivity index (χ3v) is 1.87. The average Bonchev–Trinajstić information content (AvgIpc) is 2.09. The van der Waals surface area contributed by atoms with Crippen molar-refractivity contribution in [2.24, 2.45) is 5.73 Å². The van der Waals surface area contributed by atoms with E-state index in [0.29, 0.717) is 11.4 Å². The van der Waals surface area contributed by atoms with Crippen LogP contribution in [-0.4, -0.2) is 22.7 Å². The van der Waals surface area contributed by atoms with E-state index in [2.05, 4.69) is 4.98 Å². The van der Waals surface area contributed by atoms with Gasteiger partial charge in [-0.3, -0.25) is 4.98 Å². The Labute approximate surface area is 88.3 Å². The van der Waals surface area contributed by atoms with Crippen molar-refractivity contribution in [1.82, 2.24) is 4.98 Å². The van der Waals surface area contributed by atoms with E-state index in [9.17, 15) is 0 Å². The first-order valence-corrected chi connectivity index (χ1v) is 4.07. The van der Waals surface area contributed by atoms with E-state index in [-0.39, 0.29) is 25.1 Å². The molecule has 3 nitrogen and oxygen atoms in total. The zero-order valence-electron chi connectivity index (χ0n) is 6.98. The molecule has 1 aromatic heterocycles. The molecule has 0 saturated carbocycles. The third-order valence-electron chi connectivity index (χ3n) is 1.52. The lowest BCUT2D eigenvalue weighted by molar-refractivity contribution is 0.264. The highest BCUT2D eigenvalue weighted by atomic mass is 35.5. The molecule has 0 aliphatic carbocycles. The van der Waals surface area contributed by atoms with Crippen molar-refractivity contribution in [3.05, 3.63) is 29.0 Å². The molecule has 0 aliphatic rings. The summed E-state index contributed by atoms with van der Waals surface area (Å²) in [6, 6.07) is 3.24. The maximum absolute atomic E-state index is 8.69. The molecular weight excluding hydrogens is 211 g/mol. The summed E-state index contributed by atoms with van der Waals surface area (Å²) in [4.78, 5) is 4.04. The summed E-state index contributed by atoms with van der Waals surface area (Å²) in [7, 11) is 0. The number of aromatic nitrogens is 1. The summed E-state index contributed by atoms with van der Waals surface area (Å²) in [6.07, 6.45) is 2.17. The van der Waals surface area contributed by atoms with Crippen LogP contribution in [-0.2, 0) is 6.42 Å². The first-order valence-electron chi connectivity index (χ1n) is 3.70. The van der Waals surface area contributed by atoms with Crippen LogP contribution in [0.25, 0.3) is 0 Å². The molecule has 74 valence electrons. The summed E-state index contributed by atoms with van der Waals surface area (Å²) >= 11 is 5.83. The van der Waals surface area contributed by atoms with Gasteiger partial charge in [0.05, 0.1) is 17.3 Å². The summed E-state index contributed by atoms with van der Waals surface area (Å²) in [5.41, 5.74) is 6.26. The number of halogens is 2. The molecule has 0 saturated heterocycles. The Morgan fingerprint density at radius 2 is 2.31 bits per heavy atom. The first kappa shape index (κ1) is 12.7. The second-order valence-electron chi connectivity index (χ2n) is 2.58. The highest BCUT2D eigenvalue weighted by Crippen LogP contribution is 2.12. The lowest BCUT2D eigenvalue weighted by atomic mass is 10.1. The van der Waals surface area contributed by atoms with Gasteiger partial charge in [0, 0.05) is 18.7 Å². The molecule has 0 aromatic carbocycles. The normalized spacial score (nSPS) is 11.9. The fourth-order valence-electron chi connectivity index (χ4n) is 0.881. The molecule has 13 heavy (non-hydrogen) atoms. The minimum absolute atomic E-state index is 0. The zero-order chi connectivity index (χ0) is 8.97. The highest BCUT2D eigenvalue weighted by Gasteiger charge is 2.06. The summed E-state index contributed by atoms with van der Waals surface area (Å²) in [6.45, 7) is -0.0487. The number of aliphatic hydroxyl groups is 1. The maximum atomic E-state index is 8.69. The fourth-order valence-corrected chi connectivity index (χ4v) is 1.08. The van der Waals surface area contributed by atoms with Gasteiger partial charge in [0.2, 0.25) is 0 Å². The topological polar surface area (TPSA) is 59.1 Å². The molecule has 0 fully saturated rings. The molecule has 0 radical (unpaired) electrons. The molecule has 0 spiro atoms. The van der Waals surface area contributed by atoms with E-state index in [1.165, 1.54) is 0 Å². The Morgan fingerprint density at radius 1 is 1.62 bits per heavy atom. The van der Waals surface area contributed by atoms with E-state index >= 15 is 0 Å². The van der Waals surface area contributed by atoms with Crippen LogP contribution >= 0.6 is 24.0 Å². The fraction of sp³-hybridized carbons (Fsp3) is 0.375. The number of pyridine rings is 1. The van der Waals surface area contributed by atoms with Gasteiger partial charge in [-0.2, -0.15) is 0 Å². The van der Waals surface area contributed by atoms with Gasteiger partial charge in [0.1, 0.15) is 0 Å². The van der Waals surface area contributed by atoms with Crippen LogP contribution < -0.4 is 5.73 Å². The lowest BCUT2D eigenvalue weighted by Gasteiger charge is -2.07. The van der Waals surface area contributed by atoms with Gasteiger partial charge in [-0.15, -0.1) is 12.4 Å². The average molecular weight is 223 g/mol. The third kappa shape index (κ3) is 3.91. The molecule has 0 aliphatic heterocycles. The number of hydrogen-bond acceptors (Lipinski definition) is 3. The maximum Gasteiger partial charge on any atom is 0.0622 e. The predicted octanol–water partition coefficient (Wildman–Crippen LogP) is 1.02. The van der Waals surface area contributed by atoms with Crippen LogP contribution in [0.5, 0.6) is 0 Å². The number of rotatable bonds is 3. The van der Waals surface area contributed by atoms with Gasteiger partial charge in [-0.25, -0.2) is 0 Å². The lowest BCUT2D eigenvalue weighted by Crippen LogP contribution is -2.27. The van der Waals surface area contributed by atoms with Crippen molar-refractivity contribution in [1.29, 1.82) is 0 Å². The van der Waals surface area contributed by atoms with Gasteiger partial charge in [0.15, 0.2) is 0 Å². The smallest absolute Gasteiger partial charge is 0.0622 e. The van der Waals surface area contributed by atoms with Crippen LogP contribution in [0.2, 0.25) is 5.02 Å². The molecule has 3 N–H and O–H groups in total. The Balaban J connectivity index is 0.00000144. The first-order chi connectivity index (χ1) is 5.74. The SMILES string of the molecule is Cl.N[C@@H](CO)Cc1ncccc1Cl. The Kier molecular flexibility index (Phi) is 5.99. The summed E-state index contributed by atoms with van der Waals surface area (Å²) in [5.74, 6) is 0. The van der Waals surface area contributed by atoms with Crippen molar-refractivity contribution < 1.29 is 5.11 Å². The van der Waals surface area contributed by atoms with Gasteiger partial charge < -0.3 is 10.8 Å². The molecule has 0 amide bonds.